The highest BCUT2D eigenvalue weighted by Gasteiger charge is 2.21. The molecule has 0 atom stereocenters. The van der Waals surface area contributed by atoms with Crippen LogP contribution in [0, 0.1) is 22.7 Å². The first-order valence-electron chi connectivity index (χ1n) is 18.3. The molecule has 4 heteroatoms. The summed E-state index contributed by atoms with van der Waals surface area (Å²) in [5.41, 5.74) is 13.5. The summed E-state index contributed by atoms with van der Waals surface area (Å²) in [6.45, 7) is 13.2. The van der Waals surface area contributed by atoms with E-state index < -0.39 is 0 Å². The van der Waals surface area contributed by atoms with E-state index in [2.05, 4.69) is 102 Å². The summed E-state index contributed by atoms with van der Waals surface area (Å²) < 4.78 is 0. The molecule has 4 nitrogen and oxygen atoms in total. The van der Waals surface area contributed by atoms with Gasteiger partial charge in [0.05, 0.1) is 33.9 Å². The normalized spacial score (nSPS) is 11.5. The number of hydrogen-bond acceptors (Lipinski definition) is 4. The zero-order valence-corrected chi connectivity index (χ0v) is 31.6. The van der Waals surface area contributed by atoms with E-state index in [1.54, 1.807) is 0 Å². The van der Waals surface area contributed by atoms with Crippen LogP contribution in [0.2, 0.25) is 0 Å². The van der Waals surface area contributed by atoms with E-state index >= 15 is 0 Å². The van der Waals surface area contributed by atoms with Gasteiger partial charge in [0.2, 0.25) is 0 Å². The van der Waals surface area contributed by atoms with E-state index in [1.807, 2.05) is 97.1 Å². The Kier molecular flexibility index (Phi) is 9.55. The average molecular weight is 699 g/mol. The largest absolute Gasteiger partial charge is 0.246 e. The summed E-state index contributed by atoms with van der Waals surface area (Å²) in [6.07, 6.45) is 0. The second-order valence-corrected chi connectivity index (χ2v) is 15.7. The van der Waals surface area contributed by atoms with Gasteiger partial charge in [-0.25, -0.2) is 9.97 Å². The average Bonchev–Trinajstić information content (AvgIpc) is 3.20. The minimum Gasteiger partial charge on any atom is -0.246 e. The highest BCUT2D eigenvalue weighted by Crippen LogP contribution is 2.39. The standard InChI is InChI=1S/C50H42N4/c1-49(2,3)39-25-21-35(22-26-39)45-29-41(43(31-51)47(53-45)37-13-9-7-10-14-37)33-17-19-34(20-18-33)42-30-46(36-23-27-40(28-24-36)50(4,5)6)54-48(44(42)32-52)38-15-11-8-12-16-38/h7-30H,1-6H3. The van der Waals surface area contributed by atoms with Crippen molar-refractivity contribution in [3.63, 3.8) is 0 Å². The molecule has 7 aromatic rings. The predicted molar refractivity (Wildman–Crippen MR) is 221 cm³/mol. The van der Waals surface area contributed by atoms with Crippen molar-refractivity contribution >= 4 is 0 Å². The van der Waals surface area contributed by atoms with Gasteiger partial charge in [-0.3, -0.25) is 0 Å². The van der Waals surface area contributed by atoms with Gasteiger partial charge in [-0.05, 0) is 45.2 Å². The summed E-state index contributed by atoms with van der Waals surface area (Å²) in [5.74, 6) is 0. The maximum Gasteiger partial charge on any atom is 0.102 e. The molecule has 0 spiro atoms. The van der Waals surface area contributed by atoms with Gasteiger partial charge in [-0.1, -0.05) is 175 Å². The molecule has 0 amide bonds. The van der Waals surface area contributed by atoms with Crippen LogP contribution in [0.1, 0.15) is 63.8 Å². The molecule has 0 fully saturated rings. The van der Waals surface area contributed by atoms with E-state index in [-0.39, 0.29) is 10.8 Å². The molecular formula is C50H42N4. The zero-order valence-electron chi connectivity index (χ0n) is 31.6. The summed E-state index contributed by atoms with van der Waals surface area (Å²) >= 11 is 0. The Balaban J connectivity index is 1.38. The zero-order chi connectivity index (χ0) is 38.0. The Hall–Kier alpha value is -6.62. The number of pyridine rings is 2. The van der Waals surface area contributed by atoms with Gasteiger partial charge in [0.25, 0.3) is 0 Å². The Morgan fingerprint density at radius 1 is 0.389 bits per heavy atom. The molecule has 2 aromatic heterocycles. The van der Waals surface area contributed by atoms with Crippen molar-refractivity contribution in [3.05, 3.63) is 168 Å². The first kappa shape index (κ1) is 35.8. The maximum absolute atomic E-state index is 10.6. The third-order valence-electron chi connectivity index (χ3n) is 9.96. The lowest BCUT2D eigenvalue weighted by Gasteiger charge is -2.19. The van der Waals surface area contributed by atoms with E-state index in [0.717, 1.165) is 55.9 Å². The Bertz CT molecular complexity index is 2340. The molecule has 0 aliphatic rings. The van der Waals surface area contributed by atoms with Gasteiger partial charge in [-0.15, -0.1) is 0 Å². The van der Waals surface area contributed by atoms with E-state index in [1.165, 1.54) is 11.1 Å². The summed E-state index contributed by atoms with van der Waals surface area (Å²) in [4.78, 5) is 10.2. The summed E-state index contributed by atoms with van der Waals surface area (Å²) in [6, 6.07) is 54.0. The van der Waals surface area contributed by atoms with Crippen molar-refractivity contribution in [1.82, 2.24) is 9.97 Å². The van der Waals surface area contributed by atoms with E-state index in [9.17, 15) is 10.5 Å². The number of aromatic nitrogens is 2. The van der Waals surface area contributed by atoms with E-state index in [4.69, 9.17) is 9.97 Å². The topological polar surface area (TPSA) is 73.4 Å². The van der Waals surface area contributed by atoms with Crippen LogP contribution in [0.4, 0.5) is 0 Å². The molecular weight excluding hydrogens is 657 g/mol. The molecule has 0 bridgehead atoms. The van der Waals surface area contributed by atoms with Crippen molar-refractivity contribution in [1.29, 1.82) is 10.5 Å². The molecule has 262 valence electrons. The summed E-state index contributed by atoms with van der Waals surface area (Å²) in [7, 11) is 0. The van der Waals surface area contributed by atoms with Crippen molar-refractivity contribution in [2.24, 2.45) is 0 Å². The highest BCUT2D eigenvalue weighted by molar-refractivity contribution is 5.87. The monoisotopic (exact) mass is 698 g/mol. The molecule has 54 heavy (non-hydrogen) atoms. The fraction of sp³-hybridized carbons (Fsp3) is 0.160. The first-order chi connectivity index (χ1) is 25.9. The van der Waals surface area contributed by atoms with Crippen molar-refractivity contribution in [2.45, 2.75) is 52.4 Å². The van der Waals surface area contributed by atoms with Crippen LogP contribution in [0.15, 0.2) is 146 Å². The second kappa shape index (κ2) is 14.4. The van der Waals surface area contributed by atoms with E-state index in [0.29, 0.717) is 22.5 Å². The fourth-order valence-electron chi connectivity index (χ4n) is 6.79. The molecule has 0 N–H and O–H groups in total. The fourth-order valence-corrected chi connectivity index (χ4v) is 6.79. The van der Waals surface area contributed by atoms with Crippen LogP contribution in [0.5, 0.6) is 0 Å². The molecule has 0 aliphatic carbocycles. The number of hydrogen-bond donors (Lipinski definition) is 0. The molecule has 0 saturated carbocycles. The number of benzene rings is 5. The van der Waals surface area contributed by atoms with Crippen molar-refractivity contribution in [2.75, 3.05) is 0 Å². The maximum atomic E-state index is 10.6. The molecule has 0 aliphatic heterocycles. The third-order valence-corrected chi connectivity index (χ3v) is 9.96. The summed E-state index contributed by atoms with van der Waals surface area (Å²) in [5, 5.41) is 21.2. The van der Waals surface area contributed by atoms with Crippen LogP contribution in [0.3, 0.4) is 0 Å². The highest BCUT2D eigenvalue weighted by atomic mass is 14.7. The molecule has 5 aromatic carbocycles. The number of nitrogens with zero attached hydrogens (tertiary/aromatic N) is 4. The lowest BCUT2D eigenvalue weighted by atomic mass is 9.86. The Morgan fingerprint density at radius 2 is 0.704 bits per heavy atom. The Labute approximate surface area is 319 Å². The number of rotatable bonds is 6. The SMILES string of the molecule is CC(C)(C)c1ccc(-c2cc(-c3ccc(-c4cc(-c5ccc(C(C)(C)C)cc5)nc(-c5ccccc5)c4C#N)cc3)c(C#N)c(-c3ccccc3)n2)cc1. The quantitative estimate of drug-likeness (QED) is 0.173. The van der Waals surface area contributed by atoms with Crippen LogP contribution in [-0.2, 0) is 10.8 Å². The molecule has 0 radical (unpaired) electrons. The van der Waals surface area contributed by atoms with Crippen LogP contribution in [-0.4, -0.2) is 9.97 Å². The van der Waals surface area contributed by atoms with Crippen molar-refractivity contribution in [3.8, 4) is 79.4 Å². The molecule has 7 rings (SSSR count). The minimum absolute atomic E-state index is 0.0263. The van der Waals surface area contributed by atoms with Gasteiger partial charge in [0, 0.05) is 33.4 Å². The molecule has 2 heterocycles. The minimum atomic E-state index is 0.0263. The lowest BCUT2D eigenvalue weighted by molar-refractivity contribution is 0.590. The molecule has 0 unspecified atom stereocenters. The first-order valence-corrected chi connectivity index (χ1v) is 18.3. The predicted octanol–water partition coefficient (Wildman–Crippen LogP) is 12.8. The van der Waals surface area contributed by atoms with Gasteiger partial charge in [0.15, 0.2) is 0 Å². The van der Waals surface area contributed by atoms with Crippen LogP contribution >= 0.6 is 0 Å². The molecule has 0 saturated heterocycles. The van der Waals surface area contributed by atoms with Gasteiger partial charge < -0.3 is 0 Å². The second-order valence-electron chi connectivity index (χ2n) is 15.7. The smallest absolute Gasteiger partial charge is 0.102 e. The van der Waals surface area contributed by atoms with Crippen molar-refractivity contribution < 1.29 is 0 Å². The van der Waals surface area contributed by atoms with Gasteiger partial charge >= 0.3 is 0 Å². The van der Waals surface area contributed by atoms with Gasteiger partial charge in [-0.2, -0.15) is 10.5 Å². The Morgan fingerprint density at radius 3 is 1.00 bits per heavy atom. The number of nitriles is 2. The van der Waals surface area contributed by atoms with Crippen LogP contribution < -0.4 is 0 Å². The van der Waals surface area contributed by atoms with Crippen LogP contribution in [0.25, 0.3) is 67.3 Å². The lowest BCUT2D eigenvalue weighted by Crippen LogP contribution is -2.10. The third kappa shape index (κ3) is 7.20. The van der Waals surface area contributed by atoms with Gasteiger partial charge in [0.1, 0.15) is 12.1 Å².